The minimum absolute atomic E-state index is 0.0546. The SMILES string of the molecule is O=C(NC1CCC(n2cc(C3CCOCC3)nn2)CC1)c1cc(=O)c2ccccc2o1. The summed E-state index contributed by atoms with van der Waals surface area (Å²) in [7, 11) is 0. The molecule has 3 aromatic rings. The first-order valence-corrected chi connectivity index (χ1v) is 11.0. The van der Waals surface area contributed by atoms with E-state index < -0.39 is 0 Å². The standard InChI is InChI=1S/C23H26N4O4/c28-20-13-22(31-21-4-2-1-3-18(20)21)23(29)24-16-5-7-17(8-6-16)27-14-19(25-26-27)15-9-11-30-12-10-15/h1-4,13-17H,5-12H2,(H,24,29). The number of nitrogens with zero attached hydrogens (tertiary/aromatic N) is 3. The van der Waals surface area contributed by atoms with Crippen LogP contribution < -0.4 is 10.7 Å². The second-order valence-corrected chi connectivity index (χ2v) is 8.46. The van der Waals surface area contributed by atoms with Crippen molar-refractivity contribution in [1.29, 1.82) is 0 Å². The number of fused-ring (bicyclic) bond motifs is 1. The lowest BCUT2D eigenvalue weighted by Crippen LogP contribution is -2.38. The third-order valence-electron chi connectivity index (χ3n) is 6.43. The van der Waals surface area contributed by atoms with Crippen molar-refractivity contribution >= 4 is 16.9 Å². The molecule has 31 heavy (non-hydrogen) atoms. The fraction of sp³-hybridized carbons (Fsp3) is 0.478. The fourth-order valence-electron chi connectivity index (χ4n) is 4.61. The van der Waals surface area contributed by atoms with Gasteiger partial charge in [-0.25, -0.2) is 4.68 Å². The van der Waals surface area contributed by atoms with Gasteiger partial charge < -0.3 is 14.5 Å². The van der Waals surface area contributed by atoms with E-state index >= 15 is 0 Å². The quantitative estimate of drug-likeness (QED) is 0.693. The molecule has 0 bridgehead atoms. The van der Waals surface area contributed by atoms with Crippen LogP contribution in [0.25, 0.3) is 11.0 Å². The van der Waals surface area contributed by atoms with Crippen molar-refractivity contribution in [3.05, 3.63) is 58.2 Å². The molecule has 0 radical (unpaired) electrons. The molecule has 2 fully saturated rings. The molecular formula is C23H26N4O4. The minimum atomic E-state index is -0.339. The number of hydrogen-bond donors (Lipinski definition) is 1. The molecule has 2 aliphatic rings. The number of amides is 1. The fourth-order valence-corrected chi connectivity index (χ4v) is 4.61. The zero-order valence-electron chi connectivity index (χ0n) is 17.3. The first kappa shape index (κ1) is 19.9. The van der Waals surface area contributed by atoms with Crippen LogP contribution in [0.3, 0.4) is 0 Å². The topological polar surface area (TPSA) is 99.3 Å². The summed E-state index contributed by atoms with van der Waals surface area (Å²) in [5, 5.41) is 12.3. The van der Waals surface area contributed by atoms with E-state index in [1.54, 1.807) is 24.3 Å². The van der Waals surface area contributed by atoms with Gasteiger partial charge in [0.15, 0.2) is 11.2 Å². The van der Waals surface area contributed by atoms with E-state index in [0.717, 1.165) is 57.4 Å². The molecule has 8 nitrogen and oxygen atoms in total. The van der Waals surface area contributed by atoms with Crippen LogP contribution in [0.15, 0.2) is 45.7 Å². The van der Waals surface area contributed by atoms with Gasteiger partial charge in [0.25, 0.3) is 5.91 Å². The molecule has 162 valence electrons. The Labute approximate surface area is 179 Å². The van der Waals surface area contributed by atoms with Gasteiger partial charge in [-0.1, -0.05) is 17.3 Å². The second-order valence-electron chi connectivity index (χ2n) is 8.46. The average Bonchev–Trinajstić information content (AvgIpc) is 3.30. The molecule has 1 amide bonds. The Morgan fingerprint density at radius 3 is 2.65 bits per heavy atom. The van der Waals surface area contributed by atoms with Crippen LogP contribution in [0.5, 0.6) is 0 Å². The summed E-state index contributed by atoms with van der Waals surface area (Å²) in [6, 6.07) is 8.58. The van der Waals surface area contributed by atoms with Crippen LogP contribution in [-0.4, -0.2) is 40.2 Å². The molecule has 1 saturated carbocycles. The number of nitrogens with one attached hydrogen (secondary N) is 1. The zero-order valence-corrected chi connectivity index (χ0v) is 17.3. The number of aromatic nitrogens is 3. The maximum Gasteiger partial charge on any atom is 0.287 e. The zero-order chi connectivity index (χ0) is 21.2. The maximum atomic E-state index is 12.7. The lowest BCUT2D eigenvalue weighted by molar-refractivity contribution is 0.0844. The molecule has 1 aromatic carbocycles. The van der Waals surface area contributed by atoms with Crippen molar-refractivity contribution in [2.45, 2.75) is 56.5 Å². The molecule has 0 unspecified atom stereocenters. The smallest absolute Gasteiger partial charge is 0.287 e. The van der Waals surface area contributed by atoms with Crippen LogP contribution in [0.2, 0.25) is 0 Å². The van der Waals surface area contributed by atoms with Crippen molar-refractivity contribution in [3.8, 4) is 0 Å². The number of benzene rings is 1. The van der Waals surface area contributed by atoms with Crippen LogP contribution >= 0.6 is 0 Å². The highest BCUT2D eigenvalue weighted by Gasteiger charge is 2.27. The summed E-state index contributed by atoms with van der Waals surface area (Å²) >= 11 is 0. The average molecular weight is 422 g/mol. The normalized spacial score (nSPS) is 22.5. The van der Waals surface area contributed by atoms with Gasteiger partial charge in [-0.05, 0) is 50.7 Å². The van der Waals surface area contributed by atoms with E-state index in [0.29, 0.717) is 22.9 Å². The highest BCUT2D eigenvalue weighted by Crippen LogP contribution is 2.30. The van der Waals surface area contributed by atoms with E-state index in [-0.39, 0.29) is 23.1 Å². The molecule has 1 aliphatic carbocycles. The molecule has 0 spiro atoms. The predicted octanol–water partition coefficient (Wildman–Crippen LogP) is 3.19. The summed E-state index contributed by atoms with van der Waals surface area (Å²) in [4.78, 5) is 24.9. The Bertz CT molecular complexity index is 1120. The van der Waals surface area contributed by atoms with Crippen molar-refractivity contribution in [1.82, 2.24) is 20.3 Å². The Balaban J connectivity index is 1.19. The van der Waals surface area contributed by atoms with Crippen LogP contribution in [0.1, 0.15) is 66.7 Å². The van der Waals surface area contributed by atoms with E-state index in [1.807, 2.05) is 4.68 Å². The van der Waals surface area contributed by atoms with Gasteiger partial charge in [0.1, 0.15) is 5.58 Å². The Morgan fingerprint density at radius 2 is 1.84 bits per heavy atom. The number of carbonyl (C=O) groups is 1. The van der Waals surface area contributed by atoms with Gasteiger partial charge in [-0.2, -0.15) is 0 Å². The van der Waals surface area contributed by atoms with Crippen molar-refractivity contribution < 1.29 is 13.9 Å². The lowest BCUT2D eigenvalue weighted by atomic mass is 9.91. The first-order chi connectivity index (χ1) is 15.2. The molecule has 0 atom stereocenters. The van der Waals surface area contributed by atoms with Crippen molar-refractivity contribution in [3.63, 3.8) is 0 Å². The summed E-state index contributed by atoms with van der Waals surface area (Å²) < 4.78 is 13.1. The molecule has 1 aliphatic heterocycles. The number of para-hydroxylation sites is 1. The highest BCUT2D eigenvalue weighted by molar-refractivity contribution is 5.93. The highest BCUT2D eigenvalue weighted by atomic mass is 16.5. The first-order valence-electron chi connectivity index (χ1n) is 11.0. The van der Waals surface area contributed by atoms with Gasteiger partial charge in [0.2, 0.25) is 0 Å². The summed E-state index contributed by atoms with van der Waals surface area (Å²) in [5.74, 6) is 0.159. The van der Waals surface area contributed by atoms with E-state index in [4.69, 9.17) is 9.15 Å². The number of carbonyl (C=O) groups excluding carboxylic acids is 1. The Morgan fingerprint density at radius 1 is 1.06 bits per heavy atom. The van der Waals surface area contributed by atoms with Crippen LogP contribution in [-0.2, 0) is 4.74 Å². The molecule has 8 heteroatoms. The third kappa shape index (κ3) is 4.25. The largest absolute Gasteiger partial charge is 0.451 e. The third-order valence-corrected chi connectivity index (χ3v) is 6.43. The van der Waals surface area contributed by atoms with Gasteiger partial charge in [0.05, 0.1) is 17.1 Å². The molecular weight excluding hydrogens is 396 g/mol. The van der Waals surface area contributed by atoms with Gasteiger partial charge in [-0.3, -0.25) is 9.59 Å². The lowest BCUT2D eigenvalue weighted by Gasteiger charge is -2.28. The maximum absolute atomic E-state index is 12.7. The summed E-state index contributed by atoms with van der Waals surface area (Å²) in [5.41, 5.74) is 1.28. The van der Waals surface area contributed by atoms with Crippen molar-refractivity contribution in [2.75, 3.05) is 13.2 Å². The van der Waals surface area contributed by atoms with Crippen molar-refractivity contribution in [2.24, 2.45) is 0 Å². The van der Waals surface area contributed by atoms with E-state index in [2.05, 4.69) is 21.8 Å². The predicted molar refractivity (Wildman–Crippen MR) is 114 cm³/mol. The summed E-state index contributed by atoms with van der Waals surface area (Å²) in [6.45, 7) is 1.58. The monoisotopic (exact) mass is 422 g/mol. The van der Waals surface area contributed by atoms with E-state index in [9.17, 15) is 9.59 Å². The second kappa shape index (κ2) is 8.63. The van der Waals surface area contributed by atoms with E-state index in [1.165, 1.54) is 6.07 Å². The number of rotatable bonds is 4. The molecule has 2 aromatic heterocycles. The minimum Gasteiger partial charge on any atom is -0.451 e. The molecule has 1 saturated heterocycles. The Hall–Kier alpha value is -3.00. The summed E-state index contributed by atoms with van der Waals surface area (Å²) in [6.07, 6.45) is 7.63. The molecule has 3 heterocycles. The van der Waals surface area contributed by atoms with Crippen LogP contribution in [0.4, 0.5) is 0 Å². The molecule has 5 rings (SSSR count). The van der Waals surface area contributed by atoms with Gasteiger partial charge in [-0.15, -0.1) is 5.10 Å². The number of ether oxygens (including phenoxy) is 1. The number of hydrogen-bond acceptors (Lipinski definition) is 6. The molecule has 1 N–H and O–H groups in total. The van der Waals surface area contributed by atoms with Gasteiger partial charge >= 0.3 is 0 Å². The van der Waals surface area contributed by atoms with Gasteiger partial charge in [0, 0.05) is 37.4 Å². The Kier molecular flexibility index (Phi) is 5.55. The van der Waals surface area contributed by atoms with Crippen LogP contribution in [0, 0.1) is 0 Å².